The van der Waals surface area contributed by atoms with E-state index < -0.39 is 23.2 Å². The highest BCUT2D eigenvalue weighted by Gasteiger charge is 2.30. The van der Waals surface area contributed by atoms with Crippen molar-refractivity contribution in [2.75, 3.05) is 5.32 Å². The predicted octanol–water partition coefficient (Wildman–Crippen LogP) is 5.62. The molecule has 3 aromatic rings. The third-order valence-corrected chi connectivity index (χ3v) is 4.19. The lowest BCUT2D eigenvalue weighted by Crippen LogP contribution is -2.12. The molecule has 152 valence electrons. The number of nitrogens with one attached hydrogen (secondary N) is 1. The van der Waals surface area contributed by atoms with Gasteiger partial charge in [-0.3, -0.25) is 10.1 Å². The van der Waals surface area contributed by atoms with Gasteiger partial charge in [0.1, 0.15) is 0 Å². The highest BCUT2D eigenvalue weighted by Crippen LogP contribution is 2.36. The van der Waals surface area contributed by atoms with E-state index in [1.807, 2.05) is 0 Å². The fourth-order valence-corrected chi connectivity index (χ4v) is 2.71. The quantitative estimate of drug-likeness (QED) is 0.427. The number of nitrogens with zero attached hydrogens (tertiary/aromatic N) is 2. The van der Waals surface area contributed by atoms with E-state index in [2.05, 4.69) is 15.5 Å². The molecule has 5 nitrogen and oxygen atoms in total. The Labute approximate surface area is 163 Å². The Morgan fingerprint density at radius 3 is 2.07 bits per heavy atom. The first-order valence-electron chi connectivity index (χ1n) is 7.69. The number of aromatic nitrogens is 2. The van der Waals surface area contributed by atoms with Crippen molar-refractivity contribution in [3.05, 3.63) is 59.7 Å². The van der Waals surface area contributed by atoms with Gasteiger partial charge in [0.05, 0.1) is 5.56 Å². The average molecular weight is 433 g/mol. The molecule has 0 saturated carbocycles. The Kier molecular flexibility index (Phi) is 5.55. The molecule has 0 bridgehead atoms. The first-order chi connectivity index (χ1) is 13.5. The summed E-state index contributed by atoms with van der Waals surface area (Å²) in [6, 6.07) is 8.30. The number of anilines is 1. The van der Waals surface area contributed by atoms with Crippen LogP contribution in [0.3, 0.4) is 0 Å². The molecule has 0 radical (unpaired) electrons. The molecule has 0 atom stereocenters. The normalized spacial score (nSPS) is 12.1. The molecular weight excluding hydrogens is 424 g/mol. The molecule has 12 heteroatoms. The second kappa shape index (κ2) is 7.78. The summed E-state index contributed by atoms with van der Waals surface area (Å²) in [7, 11) is 0. The Morgan fingerprint density at radius 1 is 0.897 bits per heavy atom. The van der Waals surface area contributed by atoms with Crippen LogP contribution < -0.4 is 5.32 Å². The molecular formula is C17H9F6N3O2S. The first-order valence-corrected chi connectivity index (χ1v) is 8.51. The van der Waals surface area contributed by atoms with Crippen molar-refractivity contribution in [2.24, 2.45) is 0 Å². The van der Waals surface area contributed by atoms with E-state index in [0.717, 1.165) is 36.4 Å². The molecule has 0 unspecified atom stereocenters. The number of hydrogen-bond donors (Lipinski definition) is 1. The number of alkyl halides is 6. The maximum absolute atomic E-state index is 12.6. The smallest absolute Gasteiger partial charge is 0.403 e. The molecule has 3 rings (SSSR count). The Hall–Kier alpha value is -3.02. The molecule has 0 spiro atoms. The van der Waals surface area contributed by atoms with Crippen molar-refractivity contribution in [2.45, 2.75) is 16.6 Å². The molecule has 0 saturated heterocycles. The summed E-state index contributed by atoms with van der Waals surface area (Å²) < 4.78 is 79.9. The summed E-state index contributed by atoms with van der Waals surface area (Å²) in [5.74, 6) is -0.831. The van der Waals surface area contributed by atoms with Gasteiger partial charge in [-0.05, 0) is 60.3 Å². The molecule has 29 heavy (non-hydrogen) atoms. The summed E-state index contributed by atoms with van der Waals surface area (Å²) >= 11 is -0.314. The van der Waals surface area contributed by atoms with Gasteiger partial charge >= 0.3 is 17.7 Å². The van der Waals surface area contributed by atoms with Crippen molar-refractivity contribution in [1.29, 1.82) is 0 Å². The van der Waals surface area contributed by atoms with E-state index in [9.17, 15) is 31.1 Å². The molecule has 1 N–H and O–H groups in total. The fraction of sp³-hybridized carbons (Fsp3) is 0.118. The molecule has 0 fully saturated rings. The van der Waals surface area contributed by atoms with E-state index in [0.29, 0.717) is 0 Å². The van der Waals surface area contributed by atoms with Gasteiger partial charge in [-0.15, -0.1) is 5.10 Å². The predicted molar refractivity (Wildman–Crippen MR) is 91.0 cm³/mol. The minimum absolute atomic E-state index is 0.0470. The van der Waals surface area contributed by atoms with Gasteiger partial charge in [-0.1, -0.05) is 5.10 Å². The van der Waals surface area contributed by atoms with Crippen LogP contribution in [0.1, 0.15) is 15.9 Å². The van der Waals surface area contributed by atoms with Crippen molar-refractivity contribution in [3.63, 3.8) is 0 Å². The van der Waals surface area contributed by atoms with Crippen LogP contribution in [-0.2, 0) is 6.18 Å². The van der Waals surface area contributed by atoms with Gasteiger partial charge in [0.2, 0.25) is 5.89 Å². The summed E-state index contributed by atoms with van der Waals surface area (Å²) in [6.45, 7) is 0. The van der Waals surface area contributed by atoms with E-state index in [4.69, 9.17) is 4.42 Å². The van der Waals surface area contributed by atoms with Gasteiger partial charge in [-0.25, -0.2) is 0 Å². The maximum atomic E-state index is 12.6. The van der Waals surface area contributed by atoms with Gasteiger partial charge < -0.3 is 4.42 Å². The van der Waals surface area contributed by atoms with E-state index in [1.54, 1.807) is 0 Å². The minimum atomic E-state index is -4.49. The monoisotopic (exact) mass is 433 g/mol. The Balaban J connectivity index is 1.67. The number of carbonyl (C=O) groups is 1. The van der Waals surface area contributed by atoms with Crippen molar-refractivity contribution in [3.8, 4) is 11.5 Å². The van der Waals surface area contributed by atoms with Crippen LogP contribution >= 0.6 is 11.8 Å². The zero-order valence-corrected chi connectivity index (χ0v) is 14.8. The lowest BCUT2D eigenvalue weighted by molar-refractivity contribution is -0.137. The number of carbonyl (C=O) groups excluding carboxylic acids is 1. The van der Waals surface area contributed by atoms with Gasteiger partial charge in [0.15, 0.2) is 0 Å². The lowest BCUT2D eigenvalue weighted by atomic mass is 10.1. The Morgan fingerprint density at radius 2 is 1.52 bits per heavy atom. The molecule has 1 heterocycles. The maximum Gasteiger partial charge on any atom is 0.446 e. The summed E-state index contributed by atoms with van der Waals surface area (Å²) in [6.07, 6.45) is -4.49. The number of benzene rings is 2. The molecule has 2 aromatic carbocycles. The summed E-state index contributed by atoms with van der Waals surface area (Å²) in [5, 5.41) is 9.47. The summed E-state index contributed by atoms with van der Waals surface area (Å²) in [5.41, 5.74) is -5.03. The van der Waals surface area contributed by atoms with Crippen LogP contribution in [0.15, 0.2) is 57.8 Å². The molecule has 0 aliphatic rings. The van der Waals surface area contributed by atoms with Crippen LogP contribution in [0.5, 0.6) is 0 Å². The second-order valence-corrected chi connectivity index (χ2v) is 6.65. The average Bonchev–Trinajstić information content (AvgIpc) is 3.09. The second-order valence-electron chi connectivity index (χ2n) is 5.51. The van der Waals surface area contributed by atoms with Crippen molar-refractivity contribution < 1.29 is 35.6 Å². The molecule has 1 amide bonds. The van der Waals surface area contributed by atoms with Crippen LogP contribution in [0.25, 0.3) is 11.5 Å². The van der Waals surface area contributed by atoms with E-state index in [-0.39, 0.29) is 39.7 Å². The third kappa shape index (κ3) is 5.50. The molecule has 0 aliphatic heterocycles. The van der Waals surface area contributed by atoms with Crippen LogP contribution in [0.2, 0.25) is 0 Å². The van der Waals surface area contributed by atoms with Crippen molar-refractivity contribution in [1.82, 2.24) is 10.2 Å². The highest BCUT2D eigenvalue weighted by molar-refractivity contribution is 8.00. The van der Waals surface area contributed by atoms with E-state index >= 15 is 0 Å². The standard InChI is InChI=1S/C17H9F6N3O2S/c18-16(19,20)11-5-1-10(2-6-11)14-25-26-15(28-14)24-13(27)9-3-7-12(8-4-9)29-17(21,22)23/h1-8H,(H,24,26,27). The van der Waals surface area contributed by atoms with Crippen LogP contribution in [0, 0.1) is 0 Å². The number of halogens is 6. The van der Waals surface area contributed by atoms with E-state index in [1.165, 1.54) is 12.1 Å². The minimum Gasteiger partial charge on any atom is -0.403 e. The first kappa shape index (κ1) is 20.7. The van der Waals surface area contributed by atoms with Gasteiger partial charge in [-0.2, -0.15) is 26.3 Å². The number of rotatable bonds is 4. The zero-order chi connectivity index (χ0) is 21.2. The topological polar surface area (TPSA) is 68.0 Å². The largest absolute Gasteiger partial charge is 0.446 e. The van der Waals surface area contributed by atoms with Crippen LogP contribution in [-0.4, -0.2) is 21.6 Å². The number of hydrogen-bond acceptors (Lipinski definition) is 5. The molecule has 1 aromatic heterocycles. The van der Waals surface area contributed by atoms with Gasteiger partial charge in [0.25, 0.3) is 5.91 Å². The third-order valence-electron chi connectivity index (χ3n) is 3.45. The SMILES string of the molecule is O=C(Nc1nnc(-c2ccc(C(F)(F)F)cc2)o1)c1ccc(SC(F)(F)F)cc1. The Bertz CT molecular complexity index is 998. The summed E-state index contributed by atoms with van der Waals surface area (Å²) in [4.78, 5) is 12.0. The van der Waals surface area contributed by atoms with Gasteiger partial charge in [0, 0.05) is 16.0 Å². The highest BCUT2D eigenvalue weighted by atomic mass is 32.2. The van der Waals surface area contributed by atoms with Crippen molar-refractivity contribution >= 4 is 23.7 Å². The van der Waals surface area contributed by atoms with Crippen LogP contribution in [0.4, 0.5) is 32.4 Å². The fourth-order valence-electron chi connectivity index (χ4n) is 2.17. The zero-order valence-electron chi connectivity index (χ0n) is 14.0. The molecule has 0 aliphatic carbocycles. The number of amides is 1. The lowest BCUT2D eigenvalue weighted by Gasteiger charge is -2.06. The number of thioether (sulfide) groups is 1.